The second-order valence-electron chi connectivity index (χ2n) is 6.44. The lowest BCUT2D eigenvalue weighted by molar-refractivity contribution is -0.131. The van der Waals surface area contributed by atoms with Crippen molar-refractivity contribution in [1.82, 2.24) is 10.6 Å². The van der Waals surface area contributed by atoms with Crippen LogP contribution >= 0.6 is 0 Å². The topological polar surface area (TPSA) is 59.6 Å². The third-order valence-corrected chi connectivity index (χ3v) is 4.56. The summed E-state index contributed by atoms with van der Waals surface area (Å²) >= 11 is 0. The highest BCUT2D eigenvalue weighted by molar-refractivity contribution is 5.83. The van der Waals surface area contributed by atoms with E-state index in [0.717, 1.165) is 43.0 Å². The largest absolute Gasteiger partial charge is 0.486 e. The van der Waals surface area contributed by atoms with Crippen molar-refractivity contribution in [2.45, 2.75) is 32.7 Å². The predicted octanol–water partition coefficient (Wildman–Crippen LogP) is 2.02. The van der Waals surface area contributed by atoms with E-state index in [1.807, 2.05) is 32.0 Å². The van der Waals surface area contributed by atoms with Gasteiger partial charge >= 0.3 is 0 Å². The molecule has 2 N–H and O–H groups in total. The molecule has 0 aromatic heterocycles. The van der Waals surface area contributed by atoms with Gasteiger partial charge in [0.05, 0.1) is 11.5 Å². The third-order valence-electron chi connectivity index (χ3n) is 4.56. The van der Waals surface area contributed by atoms with Gasteiger partial charge in [-0.25, -0.2) is 0 Å². The summed E-state index contributed by atoms with van der Waals surface area (Å²) in [5.74, 6) is 1.65. The number of benzene rings is 1. The molecule has 5 heteroatoms. The zero-order valence-corrected chi connectivity index (χ0v) is 13.3. The summed E-state index contributed by atoms with van der Waals surface area (Å²) < 4.78 is 11.1. The first-order chi connectivity index (χ1) is 10.6. The molecule has 120 valence electrons. The smallest absolute Gasteiger partial charge is 0.227 e. The Morgan fingerprint density at radius 1 is 1.32 bits per heavy atom. The van der Waals surface area contributed by atoms with Crippen LogP contribution in [0.5, 0.6) is 11.5 Å². The van der Waals surface area contributed by atoms with Gasteiger partial charge in [0.2, 0.25) is 5.91 Å². The summed E-state index contributed by atoms with van der Waals surface area (Å²) in [6.07, 6.45) is 1.97. The lowest BCUT2D eigenvalue weighted by Gasteiger charge is -2.34. The number of carbonyl (C=O) groups is 1. The van der Waals surface area contributed by atoms with Crippen molar-refractivity contribution in [2.75, 3.05) is 26.3 Å². The van der Waals surface area contributed by atoms with Crippen LogP contribution in [0.4, 0.5) is 0 Å². The van der Waals surface area contributed by atoms with Crippen LogP contribution in [0.15, 0.2) is 18.2 Å². The van der Waals surface area contributed by atoms with Crippen molar-refractivity contribution in [3.8, 4) is 11.5 Å². The Bertz CT molecular complexity index is 553. The summed E-state index contributed by atoms with van der Waals surface area (Å²) in [6, 6.07) is 5.80. The second-order valence-corrected chi connectivity index (χ2v) is 6.44. The molecule has 2 aliphatic heterocycles. The number of ether oxygens (including phenoxy) is 2. The van der Waals surface area contributed by atoms with Crippen molar-refractivity contribution in [3.63, 3.8) is 0 Å². The van der Waals surface area contributed by atoms with E-state index in [1.165, 1.54) is 0 Å². The fourth-order valence-corrected chi connectivity index (χ4v) is 3.03. The molecule has 0 saturated carbocycles. The van der Waals surface area contributed by atoms with Crippen LogP contribution in [0.3, 0.4) is 0 Å². The molecule has 1 aromatic carbocycles. The van der Waals surface area contributed by atoms with Crippen LogP contribution in [-0.4, -0.2) is 32.2 Å². The minimum atomic E-state index is -0.319. The third kappa shape index (κ3) is 3.04. The van der Waals surface area contributed by atoms with Crippen molar-refractivity contribution < 1.29 is 14.3 Å². The normalized spacial score (nSPS) is 25.4. The maximum absolute atomic E-state index is 12.6. The SMILES string of the molecule is CC(NC(=O)C1(C)CCCNC1)c1ccc2c(c1)OCCO2. The molecular formula is C17H24N2O3. The Morgan fingerprint density at radius 2 is 2.09 bits per heavy atom. The summed E-state index contributed by atoms with van der Waals surface area (Å²) in [7, 11) is 0. The molecule has 5 nitrogen and oxygen atoms in total. The lowest BCUT2D eigenvalue weighted by Crippen LogP contribution is -2.49. The molecule has 0 bridgehead atoms. The van der Waals surface area contributed by atoms with Crippen LogP contribution in [0, 0.1) is 5.41 Å². The van der Waals surface area contributed by atoms with Gasteiger partial charge in [0.15, 0.2) is 11.5 Å². The monoisotopic (exact) mass is 304 g/mol. The molecule has 1 fully saturated rings. The Morgan fingerprint density at radius 3 is 2.82 bits per heavy atom. The first kappa shape index (κ1) is 15.2. The van der Waals surface area contributed by atoms with E-state index in [0.29, 0.717) is 13.2 Å². The van der Waals surface area contributed by atoms with E-state index in [1.54, 1.807) is 0 Å². The minimum absolute atomic E-state index is 0.0536. The van der Waals surface area contributed by atoms with Gasteiger partial charge in [-0.1, -0.05) is 6.07 Å². The molecule has 0 radical (unpaired) electrons. The Kier molecular flexibility index (Phi) is 4.25. The fourth-order valence-electron chi connectivity index (χ4n) is 3.03. The molecule has 22 heavy (non-hydrogen) atoms. The predicted molar refractivity (Wildman–Crippen MR) is 84.2 cm³/mol. The zero-order chi connectivity index (χ0) is 15.6. The first-order valence-corrected chi connectivity index (χ1v) is 8.00. The van der Waals surface area contributed by atoms with Crippen LogP contribution in [0.2, 0.25) is 0 Å². The van der Waals surface area contributed by atoms with Crippen LogP contribution < -0.4 is 20.1 Å². The highest BCUT2D eigenvalue weighted by Crippen LogP contribution is 2.33. The molecule has 2 atom stereocenters. The second kappa shape index (κ2) is 6.16. The zero-order valence-electron chi connectivity index (χ0n) is 13.3. The highest BCUT2D eigenvalue weighted by atomic mass is 16.6. The quantitative estimate of drug-likeness (QED) is 0.897. The number of rotatable bonds is 3. The molecule has 2 unspecified atom stereocenters. The number of nitrogens with one attached hydrogen (secondary N) is 2. The van der Waals surface area contributed by atoms with Gasteiger partial charge < -0.3 is 20.1 Å². The van der Waals surface area contributed by atoms with E-state index >= 15 is 0 Å². The van der Waals surface area contributed by atoms with Crippen molar-refractivity contribution >= 4 is 5.91 Å². The first-order valence-electron chi connectivity index (χ1n) is 8.00. The Labute approximate surface area is 131 Å². The summed E-state index contributed by atoms with van der Waals surface area (Å²) in [5, 5.41) is 6.45. The van der Waals surface area contributed by atoms with Gasteiger partial charge in [0, 0.05) is 6.54 Å². The maximum Gasteiger partial charge on any atom is 0.227 e. The maximum atomic E-state index is 12.6. The average Bonchev–Trinajstić information content (AvgIpc) is 2.55. The molecule has 0 aliphatic carbocycles. The van der Waals surface area contributed by atoms with Gasteiger partial charge in [0.25, 0.3) is 0 Å². The van der Waals surface area contributed by atoms with Crippen molar-refractivity contribution in [2.24, 2.45) is 5.41 Å². The molecule has 2 heterocycles. The average molecular weight is 304 g/mol. The van der Waals surface area contributed by atoms with E-state index in [9.17, 15) is 4.79 Å². The van der Waals surface area contributed by atoms with Crippen LogP contribution in [0.1, 0.15) is 38.3 Å². The standard InChI is InChI=1S/C17H24N2O3/c1-12(19-16(20)17(2)6-3-7-18-11-17)13-4-5-14-15(10-13)22-9-8-21-14/h4-5,10,12,18H,3,6-9,11H2,1-2H3,(H,19,20). The number of hydrogen-bond donors (Lipinski definition) is 2. The minimum Gasteiger partial charge on any atom is -0.486 e. The van der Waals surface area contributed by atoms with Crippen LogP contribution in [0.25, 0.3) is 0 Å². The van der Waals surface area contributed by atoms with Gasteiger partial charge in [-0.15, -0.1) is 0 Å². The fraction of sp³-hybridized carbons (Fsp3) is 0.588. The lowest BCUT2D eigenvalue weighted by atomic mass is 9.81. The summed E-state index contributed by atoms with van der Waals surface area (Å²) in [6.45, 7) is 6.94. The number of piperidine rings is 1. The van der Waals surface area contributed by atoms with Crippen molar-refractivity contribution in [3.05, 3.63) is 23.8 Å². The number of carbonyl (C=O) groups excluding carboxylic acids is 1. The number of amides is 1. The van der Waals surface area contributed by atoms with E-state index in [2.05, 4.69) is 10.6 Å². The van der Waals surface area contributed by atoms with E-state index in [4.69, 9.17) is 9.47 Å². The van der Waals surface area contributed by atoms with Gasteiger partial charge in [-0.3, -0.25) is 4.79 Å². The number of hydrogen-bond acceptors (Lipinski definition) is 4. The summed E-state index contributed by atoms with van der Waals surface area (Å²) in [5.41, 5.74) is 0.713. The molecule has 1 amide bonds. The van der Waals surface area contributed by atoms with Gasteiger partial charge in [0.1, 0.15) is 13.2 Å². The molecule has 1 saturated heterocycles. The van der Waals surface area contributed by atoms with E-state index < -0.39 is 0 Å². The number of fused-ring (bicyclic) bond motifs is 1. The molecule has 1 aromatic rings. The van der Waals surface area contributed by atoms with Gasteiger partial charge in [-0.2, -0.15) is 0 Å². The highest BCUT2D eigenvalue weighted by Gasteiger charge is 2.35. The Hall–Kier alpha value is -1.75. The molecule has 3 rings (SSSR count). The molecule has 2 aliphatic rings. The van der Waals surface area contributed by atoms with Crippen LogP contribution in [-0.2, 0) is 4.79 Å². The van der Waals surface area contributed by atoms with Gasteiger partial charge in [-0.05, 0) is 50.9 Å². The molecular weight excluding hydrogens is 280 g/mol. The van der Waals surface area contributed by atoms with Crippen molar-refractivity contribution in [1.29, 1.82) is 0 Å². The van der Waals surface area contributed by atoms with E-state index in [-0.39, 0.29) is 17.4 Å². The summed E-state index contributed by atoms with van der Waals surface area (Å²) in [4.78, 5) is 12.6. The Balaban J connectivity index is 1.68. The molecule has 0 spiro atoms.